The second-order valence-electron chi connectivity index (χ2n) is 4.39. The van der Waals surface area contributed by atoms with Crippen LogP contribution in [-0.2, 0) is 0 Å². The molecule has 4 nitrogen and oxygen atoms in total. The molecule has 106 valence electrons. The zero-order valence-electron chi connectivity index (χ0n) is 11.5. The fraction of sp³-hybridized carbons (Fsp3) is 0.214. The second kappa shape index (κ2) is 6.00. The van der Waals surface area contributed by atoms with Gasteiger partial charge in [0, 0.05) is 0 Å². The summed E-state index contributed by atoms with van der Waals surface area (Å²) >= 11 is 1.33. The van der Waals surface area contributed by atoms with Gasteiger partial charge in [0.2, 0.25) is 5.88 Å². The van der Waals surface area contributed by atoms with Crippen LogP contribution in [-0.4, -0.2) is 12.1 Å². The lowest BCUT2D eigenvalue weighted by Crippen LogP contribution is -1.98. The van der Waals surface area contributed by atoms with Gasteiger partial charge in [-0.2, -0.15) is 0 Å². The first kappa shape index (κ1) is 14.5. The van der Waals surface area contributed by atoms with Gasteiger partial charge in [0.15, 0.2) is 0 Å². The number of aryl methyl sites for hydroxylation is 2. The summed E-state index contributed by atoms with van der Waals surface area (Å²) in [4.78, 5) is 4.87. The van der Waals surface area contributed by atoms with E-state index in [1.54, 1.807) is 13.2 Å². The molecule has 6 heteroatoms. The van der Waals surface area contributed by atoms with E-state index in [-0.39, 0.29) is 5.82 Å². The number of ether oxygens (including phenoxy) is 1. The highest BCUT2D eigenvalue weighted by molar-refractivity contribution is 8.00. The predicted molar refractivity (Wildman–Crippen MR) is 80.6 cm³/mol. The highest BCUT2D eigenvalue weighted by atomic mass is 32.2. The number of rotatable bonds is 4. The minimum absolute atomic E-state index is 0.237. The van der Waals surface area contributed by atoms with Gasteiger partial charge >= 0.3 is 0 Å². The SMILES string of the molecule is COc1ncc(N)cc1SNc1c(C)cc(F)cc1C. The highest BCUT2D eigenvalue weighted by Gasteiger charge is 2.09. The van der Waals surface area contributed by atoms with Crippen molar-refractivity contribution in [3.8, 4) is 5.88 Å². The van der Waals surface area contributed by atoms with E-state index in [0.717, 1.165) is 21.7 Å². The lowest BCUT2D eigenvalue weighted by molar-refractivity contribution is 0.387. The molecule has 0 aliphatic rings. The van der Waals surface area contributed by atoms with Gasteiger partial charge in [0.1, 0.15) is 5.82 Å². The Morgan fingerprint density at radius 2 is 1.90 bits per heavy atom. The summed E-state index contributed by atoms with van der Waals surface area (Å²) in [7, 11) is 1.55. The number of anilines is 2. The molecule has 0 amide bonds. The van der Waals surface area contributed by atoms with Crippen LogP contribution in [0.2, 0.25) is 0 Å². The number of hydrogen-bond acceptors (Lipinski definition) is 5. The summed E-state index contributed by atoms with van der Waals surface area (Å²) in [6.45, 7) is 3.71. The van der Waals surface area contributed by atoms with E-state index in [1.165, 1.54) is 30.3 Å². The average molecular weight is 293 g/mol. The minimum atomic E-state index is -0.237. The van der Waals surface area contributed by atoms with Crippen LogP contribution in [0.1, 0.15) is 11.1 Å². The number of pyridine rings is 1. The molecule has 0 radical (unpaired) electrons. The number of methoxy groups -OCH3 is 1. The average Bonchev–Trinajstić information content (AvgIpc) is 2.37. The lowest BCUT2D eigenvalue weighted by Gasteiger charge is -2.13. The lowest BCUT2D eigenvalue weighted by atomic mass is 10.1. The molecule has 0 spiro atoms. The van der Waals surface area contributed by atoms with Crippen molar-refractivity contribution in [1.82, 2.24) is 4.98 Å². The Kier molecular flexibility index (Phi) is 4.34. The number of hydrogen-bond donors (Lipinski definition) is 2. The smallest absolute Gasteiger partial charge is 0.229 e. The summed E-state index contributed by atoms with van der Waals surface area (Å²) in [5.74, 6) is 0.257. The van der Waals surface area contributed by atoms with Gasteiger partial charge in [-0.05, 0) is 55.1 Å². The molecule has 2 rings (SSSR count). The molecule has 2 aromatic rings. The maximum absolute atomic E-state index is 13.3. The van der Waals surface area contributed by atoms with Crippen molar-refractivity contribution in [3.05, 3.63) is 41.3 Å². The largest absolute Gasteiger partial charge is 0.480 e. The molecule has 1 heterocycles. The van der Waals surface area contributed by atoms with Crippen molar-refractivity contribution in [2.45, 2.75) is 18.7 Å². The Morgan fingerprint density at radius 1 is 1.25 bits per heavy atom. The zero-order valence-corrected chi connectivity index (χ0v) is 12.3. The molecule has 3 N–H and O–H groups in total. The van der Waals surface area contributed by atoms with Gasteiger partial charge in [-0.1, -0.05) is 0 Å². The fourth-order valence-corrected chi connectivity index (χ4v) is 2.80. The molecule has 0 unspecified atom stereocenters. The summed E-state index contributed by atoms with van der Waals surface area (Å²) in [5, 5.41) is 0. The topological polar surface area (TPSA) is 60.2 Å². The first-order valence-electron chi connectivity index (χ1n) is 6.00. The van der Waals surface area contributed by atoms with E-state index in [2.05, 4.69) is 9.71 Å². The van der Waals surface area contributed by atoms with Crippen LogP contribution in [0.3, 0.4) is 0 Å². The molecule has 0 bridgehead atoms. The van der Waals surface area contributed by atoms with Crippen molar-refractivity contribution in [3.63, 3.8) is 0 Å². The molecule has 0 saturated heterocycles. The van der Waals surface area contributed by atoms with Gasteiger partial charge in [0.25, 0.3) is 0 Å². The van der Waals surface area contributed by atoms with Crippen molar-refractivity contribution >= 4 is 23.3 Å². The predicted octanol–water partition coefficient (Wildman–Crippen LogP) is 3.55. The number of nitrogens with two attached hydrogens (primary N) is 1. The van der Waals surface area contributed by atoms with E-state index in [0.29, 0.717) is 11.6 Å². The Morgan fingerprint density at radius 3 is 2.50 bits per heavy atom. The van der Waals surface area contributed by atoms with Crippen molar-refractivity contribution in [2.24, 2.45) is 0 Å². The third-order valence-corrected chi connectivity index (χ3v) is 3.61. The third kappa shape index (κ3) is 3.14. The number of nitrogens with zero attached hydrogens (tertiary/aromatic N) is 1. The number of halogens is 1. The number of aromatic nitrogens is 1. The summed E-state index contributed by atoms with van der Waals surface area (Å²) in [6, 6.07) is 4.76. The third-order valence-electron chi connectivity index (χ3n) is 2.79. The summed E-state index contributed by atoms with van der Waals surface area (Å²) in [6.07, 6.45) is 1.54. The van der Waals surface area contributed by atoms with E-state index < -0.39 is 0 Å². The van der Waals surface area contributed by atoms with Crippen LogP contribution in [0.15, 0.2) is 29.3 Å². The molecule has 20 heavy (non-hydrogen) atoms. The minimum Gasteiger partial charge on any atom is -0.480 e. The molecule has 1 aromatic heterocycles. The fourth-order valence-electron chi connectivity index (χ4n) is 1.85. The van der Waals surface area contributed by atoms with Crippen molar-refractivity contribution < 1.29 is 9.13 Å². The van der Waals surface area contributed by atoms with Gasteiger partial charge in [-0.25, -0.2) is 9.37 Å². The number of nitrogen functional groups attached to an aromatic ring is 1. The standard InChI is InChI=1S/C14H16FN3OS/c1-8-4-10(15)5-9(2)13(8)18-20-12-6-11(16)7-17-14(12)19-3/h4-7,18H,16H2,1-3H3. The van der Waals surface area contributed by atoms with E-state index in [4.69, 9.17) is 10.5 Å². The zero-order chi connectivity index (χ0) is 14.7. The van der Waals surface area contributed by atoms with E-state index in [9.17, 15) is 4.39 Å². The van der Waals surface area contributed by atoms with Crippen LogP contribution in [0.5, 0.6) is 5.88 Å². The normalized spacial score (nSPS) is 10.4. The Balaban J connectivity index is 2.23. The van der Waals surface area contributed by atoms with Crippen LogP contribution in [0.25, 0.3) is 0 Å². The summed E-state index contributed by atoms with van der Waals surface area (Å²) in [5.41, 5.74) is 8.83. The van der Waals surface area contributed by atoms with Crippen molar-refractivity contribution in [1.29, 1.82) is 0 Å². The van der Waals surface area contributed by atoms with E-state index >= 15 is 0 Å². The molecule has 0 fully saturated rings. The number of benzene rings is 1. The Hall–Kier alpha value is -1.95. The first-order valence-corrected chi connectivity index (χ1v) is 6.82. The van der Waals surface area contributed by atoms with Gasteiger partial charge in [0.05, 0.1) is 29.6 Å². The maximum atomic E-state index is 13.3. The van der Waals surface area contributed by atoms with Crippen LogP contribution >= 0.6 is 11.9 Å². The molecular formula is C14H16FN3OS. The Labute approximate surface area is 121 Å². The van der Waals surface area contributed by atoms with Crippen LogP contribution < -0.4 is 15.2 Å². The molecule has 1 aromatic carbocycles. The maximum Gasteiger partial charge on any atom is 0.229 e. The molecular weight excluding hydrogens is 277 g/mol. The van der Waals surface area contributed by atoms with Crippen LogP contribution in [0.4, 0.5) is 15.8 Å². The second-order valence-corrected chi connectivity index (χ2v) is 5.24. The molecule has 0 aliphatic heterocycles. The van der Waals surface area contributed by atoms with E-state index in [1.807, 2.05) is 13.8 Å². The van der Waals surface area contributed by atoms with Gasteiger partial charge < -0.3 is 15.2 Å². The molecule has 0 atom stereocenters. The summed E-state index contributed by atoms with van der Waals surface area (Å²) < 4.78 is 21.6. The highest BCUT2D eigenvalue weighted by Crippen LogP contribution is 2.32. The van der Waals surface area contributed by atoms with Gasteiger partial charge in [-0.15, -0.1) is 0 Å². The van der Waals surface area contributed by atoms with Crippen molar-refractivity contribution in [2.75, 3.05) is 17.6 Å². The quantitative estimate of drug-likeness (QED) is 0.844. The van der Waals surface area contributed by atoms with Crippen LogP contribution in [0, 0.1) is 19.7 Å². The van der Waals surface area contributed by atoms with Gasteiger partial charge in [-0.3, -0.25) is 0 Å². The number of nitrogens with one attached hydrogen (secondary N) is 1. The molecule has 0 aliphatic carbocycles. The monoisotopic (exact) mass is 293 g/mol. The first-order chi connectivity index (χ1) is 9.51. The molecule has 0 saturated carbocycles. The Bertz CT molecular complexity index is 611.